The Labute approximate surface area is 120 Å². The molecule has 0 aliphatic carbocycles. The van der Waals surface area contributed by atoms with Crippen molar-refractivity contribution in [2.45, 2.75) is 13.8 Å². The molecule has 0 radical (unpaired) electrons. The van der Waals surface area contributed by atoms with E-state index in [1.54, 1.807) is 11.8 Å². The third kappa shape index (κ3) is 2.28. The van der Waals surface area contributed by atoms with Gasteiger partial charge in [-0.2, -0.15) is 0 Å². The molecule has 96 valence electrons. The van der Waals surface area contributed by atoms with E-state index in [0.717, 1.165) is 11.4 Å². The maximum atomic E-state index is 8.38. The summed E-state index contributed by atoms with van der Waals surface area (Å²) in [5.74, 6) is -0.314. The zero-order valence-electron chi connectivity index (χ0n) is 12.1. The molecule has 0 saturated heterocycles. The summed E-state index contributed by atoms with van der Waals surface area (Å²) in [7, 11) is 0. The molecular weight excluding hydrogens is 250 g/mol. The molecule has 0 spiro atoms. The highest BCUT2D eigenvalue weighted by atomic mass is 32.2. The summed E-state index contributed by atoms with van der Waals surface area (Å²) < 4.78 is 8.38. The van der Waals surface area contributed by atoms with E-state index in [-0.39, 0.29) is 5.85 Å². The SMILES string of the molecule is [2H]C1SC(c2ccccc2)=C(C)N1c1ccccc1C. The average molecular weight is 268 g/mol. The molecule has 3 rings (SSSR count). The molecule has 2 aromatic rings. The lowest BCUT2D eigenvalue weighted by Gasteiger charge is -2.21. The van der Waals surface area contributed by atoms with E-state index >= 15 is 0 Å². The number of benzene rings is 2. The summed E-state index contributed by atoms with van der Waals surface area (Å²) in [6.07, 6.45) is 0. The Morgan fingerprint density at radius 3 is 2.42 bits per heavy atom. The van der Waals surface area contributed by atoms with Crippen LogP contribution >= 0.6 is 11.8 Å². The fourth-order valence-electron chi connectivity index (χ4n) is 2.32. The number of hydrogen-bond acceptors (Lipinski definition) is 2. The van der Waals surface area contributed by atoms with Gasteiger partial charge in [0.15, 0.2) is 0 Å². The van der Waals surface area contributed by atoms with Crippen molar-refractivity contribution in [3.05, 3.63) is 71.4 Å². The largest absolute Gasteiger partial charge is 0.334 e. The van der Waals surface area contributed by atoms with Crippen LogP contribution < -0.4 is 4.90 Å². The van der Waals surface area contributed by atoms with Crippen LogP contribution in [0.1, 0.15) is 19.4 Å². The molecular formula is C17H17NS. The average Bonchev–Trinajstić information content (AvgIpc) is 2.76. The lowest BCUT2D eigenvalue weighted by atomic mass is 10.1. The lowest BCUT2D eigenvalue weighted by molar-refractivity contribution is 1.08. The summed E-state index contributed by atoms with van der Waals surface area (Å²) in [4.78, 5) is 3.32. The van der Waals surface area contributed by atoms with Crippen molar-refractivity contribution in [1.29, 1.82) is 0 Å². The number of anilines is 1. The number of nitrogens with zero attached hydrogens (tertiary/aromatic N) is 1. The molecule has 0 bridgehead atoms. The van der Waals surface area contributed by atoms with Crippen LogP contribution in [0.25, 0.3) is 4.91 Å². The van der Waals surface area contributed by atoms with Crippen molar-refractivity contribution in [3.8, 4) is 0 Å². The predicted molar refractivity (Wildman–Crippen MR) is 85.2 cm³/mol. The summed E-state index contributed by atoms with van der Waals surface area (Å²) in [6.45, 7) is 4.21. The van der Waals surface area contributed by atoms with Crippen molar-refractivity contribution in [2.24, 2.45) is 0 Å². The fraction of sp³-hybridized carbons (Fsp3) is 0.176. The molecule has 1 atom stereocenters. The Morgan fingerprint density at radius 1 is 1.00 bits per heavy atom. The van der Waals surface area contributed by atoms with E-state index in [1.807, 2.05) is 30.3 Å². The number of para-hydroxylation sites is 1. The van der Waals surface area contributed by atoms with Gasteiger partial charge < -0.3 is 4.90 Å². The van der Waals surface area contributed by atoms with Crippen LogP contribution in [0.15, 0.2) is 60.3 Å². The van der Waals surface area contributed by atoms with Gasteiger partial charge in [0, 0.05) is 16.3 Å². The normalized spacial score (nSPS) is 19.8. The van der Waals surface area contributed by atoms with Gasteiger partial charge in [0.25, 0.3) is 0 Å². The van der Waals surface area contributed by atoms with Crippen molar-refractivity contribution in [3.63, 3.8) is 0 Å². The molecule has 1 unspecified atom stereocenters. The predicted octanol–water partition coefficient (Wildman–Crippen LogP) is 4.89. The molecule has 0 fully saturated rings. The summed E-state index contributed by atoms with van der Waals surface area (Å²) in [5.41, 5.74) is 4.70. The summed E-state index contributed by atoms with van der Waals surface area (Å²) in [5, 5.41) is 0. The quantitative estimate of drug-likeness (QED) is 0.762. The van der Waals surface area contributed by atoms with E-state index in [0.29, 0.717) is 0 Å². The van der Waals surface area contributed by atoms with E-state index < -0.39 is 0 Å². The van der Waals surface area contributed by atoms with Crippen LogP contribution in [-0.2, 0) is 0 Å². The van der Waals surface area contributed by atoms with E-state index in [2.05, 4.69) is 43.0 Å². The van der Waals surface area contributed by atoms with Crippen LogP contribution in [0.4, 0.5) is 5.69 Å². The number of rotatable bonds is 2. The standard InChI is InChI=1S/C17H17NS/c1-13-8-6-7-11-16(13)18-12-19-17(14(18)2)15-9-4-3-5-10-15/h3-11H,12H2,1-2H3/i12D. The van der Waals surface area contributed by atoms with Gasteiger partial charge in [-0.05, 0) is 31.0 Å². The van der Waals surface area contributed by atoms with Gasteiger partial charge >= 0.3 is 0 Å². The van der Waals surface area contributed by atoms with Gasteiger partial charge in [0.05, 0.1) is 7.22 Å². The van der Waals surface area contributed by atoms with E-state index in [4.69, 9.17) is 1.37 Å². The van der Waals surface area contributed by atoms with Crippen molar-refractivity contribution < 1.29 is 1.37 Å². The molecule has 0 N–H and O–H groups in total. The zero-order valence-corrected chi connectivity index (χ0v) is 11.9. The monoisotopic (exact) mass is 268 g/mol. The third-order valence-electron chi connectivity index (χ3n) is 3.38. The summed E-state index contributed by atoms with van der Waals surface area (Å²) in [6, 6.07) is 18.6. The van der Waals surface area contributed by atoms with Crippen molar-refractivity contribution in [2.75, 3.05) is 10.8 Å². The van der Waals surface area contributed by atoms with Crippen LogP contribution in [0.3, 0.4) is 0 Å². The highest BCUT2D eigenvalue weighted by molar-refractivity contribution is 8.08. The summed E-state index contributed by atoms with van der Waals surface area (Å²) >= 11 is 1.61. The van der Waals surface area contributed by atoms with Gasteiger partial charge in [0.1, 0.15) is 0 Å². The third-order valence-corrected chi connectivity index (χ3v) is 4.46. The van der Waals surface area contributed by atoms with E-state index in [9.17, 15) is 0 Å². The van der Waals surface area contributed by atoms with Crippen LogP contribution in [-0.4, -0.2) is 5.85 Å². The molecule has 1 aliphatic heterocycles. The highest BCUT2D eigenvalue weighted by Gasteiger charge is 2.22. The van der Waals surface area contributed by atoms with Crippen molar-refractivity contribution in [1.82, 2.24) is 0 Å². The fourth-order valence-corrected chi connectivity index (χ4v) is 3.34. The lowest BCUT2D eigenvalue weighted by Crippen LogP contribution is -2.16. The molecule has 2 heteroatoms. The second-order valence-electron chi connectivity index (χ2n) is 4.66. The molecule has 1 nitrogen and oxygen atoms in total. The molecule has 0 amide bonds. The Balaban J connectivity index is 2.05. The first kappa shape index (κ1) is 11.2. The van der Waals surface area contributed by atoms with Gasteiger partial charge in [-0.15, -0.1) is 11.8 Å². The van der Waals surface area contributed by atoms with Crippen molar-refractivity contribution >= 4 is 22.4 Å². The Morgan fingerprint density at radius 2 is 1.68 bits per heavy atom. The Hall–Kier alpha value is -1.67. The second-order valence-corrected chi connectivity index (χ2v) is 5.52. The molecule has 0 saturated carbocycles. The number of hydrogen-bond donors (Lipinski definition) is 0. The van der Waals surface area contributed by atoms with E-state index in [1.165, 1.54) is 16.0 Å². The molecule has 19 heavy (non-hydrogen) atoms. The van der Waals surface area contributed by atoms with Crippen LogP contribution in [0.2, 0.25) is 0 Å². The number of thioether (sulfide) groups is 1. The highest BCUT2D eigenvalue weighted by Crippen LogP contribution is 2.42. The maximum absolute atomic E-state index is 8.38. The van der Waals surface area contributed by atoms with Crippen LogP contribution in [0, 0.1) is 6.92 Å². The Kier molecular flexibility index (Phi) is 3.02. The topological polar surface area (TPSA) is 3.24 Å². The van der Waals surface area contributed by atoms with Gasteiger partial charge in [0.2, 0.25) is 0 Å². The molecule has 1 heterocycles. The second kappa shape index (κ2) is 5.14. The molecule has 2 aromatic carbocycles. The number of allylic oxidation sites excluding steroid dienone is 1. The van der Waals surface area contributed by atoms with Crippen LogP contribution in [0.5, 0.6) is 0 Å². The molecule has 1 aliphatic rings. The smallest absolute Gasteiger partial charge is 0.0732 e. The minimum atomic E-state index is -0.314. The first-order valence-electron chi connectivity index (χ1n) is 6.96. The number of aryl methyl sites for hydroxylation is 1. The van der Waals surface area contributed by atoms with Gasteiger partial charge in [-0.3, -0.25) is 0 Å². The Bertz CT molecular complexity index is 651. The zero-order chi connectivity index (χ0) is 14.1. The maximum Gasteiger partial charge on any atom is 0.0732 e. The van der Waals surface area contributed by atoms with Gasteiger partial charge in [-0.1, -0.05) is 48.5 Å². The minimum absolute atomic E-state index is 0.314. The first-order valence-corrected chi connectivity index (χ1v) is 7.26. The first-order chi connectivity index (χ1) is 9.68. The minimum Gasteiger partial charge on any atom is -0.334 e. The van der Waals surface area contributed by atoms with Gasteiger partial charge in [-0.25, -0.2) is 0 Å². The molecule has 0 aromatic heterocycles.